The van der Waals surface area contributed by atoms with Crippen LogP contribution in [0.15, 0.2) is 109 Å². The number of hydrogen-bond donors (Lipinski definition) is 2. The Hall–Kier alpha value is -2.84. The van der Waals surface area contributed by atoms with Crippen LogP contribution in [0.4, 0.5) is 0 Å². The van der Waals surface area contributed by atoms with Gasteiger partial charge in [-0.05, 0) is 103 Å². The Labute approximate surface area is 418 Å². The second-order valence-electron chi connectivity index (χ2n) is 17.7. The normalized spacial score (nSPS) is 14.1. The van der Waals surface area contributed by atoms with E-state index in [1.807, 2.05) is 0 Å². The number of rotatable bonds is 51. The van der Waals surface area contributed by atoms with Gasteiger partial charge in [-0.15, -0.1) is 0 Å². The van der Waals surface area contributed by atoms with Gasteiger partial charge in [0.2, 0.25) is 0 Å². The zero-order valence-electron chi connectivity index (χ0n) is 43.6. The van der Waals surface area contributed by atoms with Gasteiger partial charge in [0.05, 0.1) is 19.8 Å². The smallest absolute Gasteiger partial charge is 0.457 e. The Kier molecular flexibility index (Phi) is 52.8. The summed E-state index contributed by atoms with van der Waals surface area (Å²) in [5, 5.41) is 0. The highest BCUT2D eigenvalue weighted by Crippen LogP contribution is 2.43. The molecular formula is C59H102NO7P. The lowest BCUT2D eigenvalue weighted by atomic mass is 10.0. The number of phosphoric ester groups is 1. The molecule has 9 heteroatoms. The molecule has 0 saturated heterocycles. The Morgan fingerprint density at radius 3 is 1.24 bits per heavy atom. The van der Waals surface area contributed by atoms with Crippen molar-refractivity contribution < 1.29 is 32.8 Å². The molecule has 0 aromatic carbocycles. The number of carbonyl (C=O) groups is 1. The highest BCUT2D eigenvalue weighted by atomic mass is 31.2. The van der Waals surface area contributed by atoms with Crippen molar-refractivity contribution in [3.05, 3.63) is 109 Å². The lowest BCUT2D eigenvalue weighted by molar-refractivity contribution is -0.154. The Balaban J connectivity index is 4.03. The van der Waals surface area contributed by atoms with Gasteiger partial charge in [-0.3, -0.25) is 13.8 Å². The van der Waals surface area contributed by atoms with Gasteiger partial charge >= 0.3 is 13.8 Å². The first-order chi connectivity index (χ1) is 33.4. The molecule has 0 aliphatic heterocycles. The van der Waals surface area contributed by atoms with Crippen LogP contribution in [0.2, 0.25) is 0 Å². The molecule has 0 amide bonds. The Bertz CT molecular complexity index is 1410. The summed E-state index contributed by atoms with van der Waals surface area (Å²) < 4.78 is 33.6. The fraction of sp³-hybridized carbons (Fsp3) is 0.678. The van der Waals surface area contributed by atoms with Crippen molar-refractivity contribution in [2.75, 3.05) is 33.0 Å². The molecule has 0 rings (SSSR count). The van der Waals surface area contributed by atoms with E-state index in [2.05, 4.69) is 123 Å². The van der Waals surface area contributed by atoms with E-state index >= 15 is 0 Å². The van der Waals surface area contributed by atoms with Crippen LogP contribution < -0.4 is 5.73 Å². The first kappa shape index (κ1) is 65.2. The fourth-order valence-corrected chi connectivity index (χ4v) is 7.95. The predicted molar refractivity (Wildman–Crippen MR) is 293 cm³/mol. The molecule has 0 aliphatic rings. The van der Waals surface area contributed by atoms with E-state index in [4.69, 9.17) is 24.3 Å². The lowest BCUT2D eigenvalue weighted by Gasteiger charge is -2.20. The molecule has 3 N–H and O–H groups in total. The van der Waals surface area contributed by atoms with E-state index in [1.54, 1.807) is 0 Å². The van der Waals surface area contributed by atoms with Crippen LogP contribution in [0.1, 0.15) is 219 Å². The Morgan fingerprint density at radius 1 is 0.456 bits per heavy atom. The maximum absolute atomic E-state index is 12.7. The molecule has 8 nitrogen and oxygen atoms in total. The van der Waals surface area contributed by atoms with Crippen LogP contribution in [0.3, 0.4) is 0 Å². The maximum Gasteiger partial charge on any atom is 0.472 e. The van der Waals surface area contributed by atoms with Crippen LogP contribution >= 0.6 is 7.82 Å². The van der Waals surface area contributed by atoms with Crippen molar-refractivity contribution in [1.29, 1.82) is 0 Å². The van der Waals surface area contributed by atoms with Gasteiger partial charge in [-0.25, -0.2) is 4.57 Å². The molecule has 0 saturated carbocycles. The number of allylic oxidation sites excluding steroid dienone is 18. The minimum atomic E-state index is -4.30. The minimum absolute atomic E-state index is 0.0886. The molecule has 0 aromatic heterocycles. The van der Waals surface area contributed by atoms with Crippen LogP contribution in [-0.4, -0.2) is 49.9 Å². The van der Waals surface area contributed by atoms with E-state index in [0.29, 0.717) is 13.0 Å². The van der Waals surface area contributed by atoms with Gasteiger partial charge in [-0.1, -0.05) is 220 Å². The SMILES string of the molecule is CC/C=C\C/C=C\C/C=C\C/C=C\C/C=C\C/C=C\C/C=C\CCCCCC(=O)OC(COCCCCCCCCCCCCCC/C=C\C/C=C\CCCCCCC)COP(=O)(O)OCCN. The lowest BCUT2D eigenvalue weighted by Crippen LogP contribution is -2.28. The number of esters is 1. The quantitative estimate of drug-likeness (QED) is 0.0268. The summed E-state index contributed by atoms with van der Waals surface area (Å²) in [5.41, 5.74) is 5.39. The molecule has 0 heterocycles. The summed E-state index contributed by atoms with van der Waals surface area (Å²) >= 11 is 0. The van der Waals surface area contributed by atoms with Crippen molar-refractivity contribution in [3.8, 4) is 0 Å². The summed E-state index contributed by atoms with van der Waals surface area (Å²) in [7, 11) is -4.30. The molecule has 0 radical (unpaired) electrons. The molecule has 0 fully saturated rings. The van der Waals surface area contributed by atoms with Crippen LogP contribution in [0.25, 0.3) is 0 Å². The highest BCUT2D eigenvalue weighted by molar-refractivity contribution is 7.47. The average Bonchev–Trinajstić information content (AvgIpc) is 3.33. The predicted octanol–water partition coefficient (Wildman–Crippen LogP) is 17.5. The first-order valence-corrected chi connectivity index (χ1v) is 28.9. The summed E-state index contributed by atoms with van der Waals surface area (Å²) in [5.74, 6) is -0.365. The maximum atomic E-state index is 12.7. The van der Waals surface area contributed by atoms with Crippen molar-refractivity contribution in [3.63, 3.8) is 0 Å². The average molecular weight is 968 g/mol. The molecule has 0 bridgehead atoms. The zero-order chi connectivity index (χ0) is 49.4. The fourth-order valence-electron chi connectivity index (χ4n) is 7.18. The standard InChI is InChI=1S/C59H102NO7P/c1-3-5-7-9-11-13-15-17-19-21-23-25-27-29-30-32-34-36-38-40-42-44-46-48-50-52-59(61)67-58(57-66-68(62,63)65-55-53-60)56-64-54-51-49-47-45-43-41-39-37-35-33-31-28-26-24-22-20-18-16-14-12-10-8-6-4-2/h5,7,11,13,16-19,22-25,29-30,34,36,40,42,58H,3-4,6,8-10,12,14-15,20-21,26-28,31-33,35,37-39,41,43-57,60H2,1-2H3,(H,62,63)/b7-5-,13-11-,18-16-,19-17-,24-22-,25-23-,30-29-,36-34-,42-40-. The number of phosphoric acid groups is 1. The first-order valence-electron chi connectivity index (χ1n) is 27.4. The van der Waals surface area contributed by atoms with E-state index in [9.17, 15) is 14.3 Å². The number of hydrogen-bond acceptors (Lipinski definition) is 7. The van der Waals surface area contributed by atoms with Gasteiger partial charge in [0, 0.05) is 19.6 Å². The number of unbranched alkanes of at least 4 members (excludes halogenated alkanes) is 20. The van der Waals surface area contributed by atoms with E-state index in [-0.39, 0.29) is 38.8 Å². The number of nitrogens with two attached hydrogens (primary N) is 1. The summed E-state index contributed by atoms with van der Waals surface area (Å²) in [6.45, 7) is 4.74. The highest BCUT2D eigenvalue weighted by Gasteiger charge is 2.25. The van der Waals surface area contributed by atoms with Gasteiger partial charge in [0.25, 0.3) is 0 Å². The third-order valence-corrected chi connectivity index (χ3v) is 12.2. The summed E-state index contributed by atoms with van der Waals surface area (Å²) in [4.78, 5) is 22.6. The van der Waals surface area contributed by atoms with E-state index < -0.39 is 13.9 Å². The Morgan fingerprint density at radius 2 is 0.824 bits per heavy atom. The minimum Gasteiger partial charge on any atom is -0.457 e. The zero-order valence-corrected chi connectivity index (χ0v) is 44.4. The van der Waals surface area contributed by atoms with E-state index in [0.717, 1.165) is 83.5 Å². The monoisotopic (exact) mass is 968 g/mol. The molecule has 0 aromatic rings. The van der Waals surface area contributed by atoms with E-state index in [1.165, 1.54) is 109 Å². The van der Waals surface area contributed by atoms with Crippen LogP contribution in [-0.2, 0) is 27.9 Å². The van der Waals surface area contributed by atoms with Crippen molar-refractivity contribution in [2.45, 2.75) is 225 Å². The van der Waals surface area contributed by atoms with Gasteiger partial charge in [0.15, 0.2) is 0 Å². The molecule has 68 heavy (non-hydrogen) atoms. The van der Waals surface area contributed by atoms with Crippen molar-refractivity contribution >= 4 is 13.8 Å². The molecule has 0 aliphatic carbocycles. The molecule has 2 unspecified atom stereocenters. The summed E-state index contributed by atoms with van der Waals surface area (Å²) in [6, 6.07) is 0. The largest absolute Gasteiger partial charge is 0.472 e. The molecular weight excluding hydrogens is 866 g/mol. The molecule has 0 spiro atoms. The number of ether oxygens (including phenoxy) is 2. The third-order valence-electron chi connectivity index (χ3n) is 11.2. The number of carbonyl (C=O) groups excluding carboxylic acids is 1. The second kappa shape index (κ2) is 55.1. The van der Waals surface area contributed by atoms with Gasteiger partial charge in [0.1, 0.15) is 6.10 Å². The van der Waals surface area contributed by atoms with Gasteiger partial charge < -0.3 is 20.1 Å². The van der Waals surface area contributed by atoms with Gasteiger partial charge in [-0.2, -0.15) is 0 Å². The third kappa shape index (κ3) is 54.1. The van der Waals surface area contributed by atoms with Crippen molar-refractivity contribution in [1.82, 2.24) is 0 Å². The summed E-state index contributed by atoms with van der Waals surface area (Å²) in [6.07, 6.45) is 75.6. The molecule has 2 atom stereocenters. The van der Waals surface area contributed by atoms with Crippen LogP contribution in [0, 0.1) is 0 Å². The second-order valence-corrected chi connectivity index (χ2v) is 19.2. The van der Waals surface area contributed by atoms with Crippen LogP contribution in [0.5, 0.6) is 0 Å². The molecule has 390 valence electrons. The topological polar surface area (TPSA) is 117 Å². The van der Waals surface area contributed by atoms with Crippen molar-refractivity contribution in [2.24, 2.45) is 5.73 Å².